The Balaban J connectivity index is 1.69. The quantitative estimate of drug-likeness (QED) is 0.729. The average molecular weight is 307 g/mol. The lowest BCUT2D eigenvalue weighted by molar-refractivity contribution is 0.812. The van der Waals surface area contributed by atoms with E-state index in [1.165, 1.54) is 5.56 Å². The van der Waals surface area contributed by atoms with E-state index in [9.17, 15) is 0 Å². The van der Waals surface area contributed by atoms with Crippen LogP contribution in [0.2, 0.25) is 0 Å². The molecule has 3 rings (SSSR count). The van der Waals surface area contributed by atoms with Crippen LogP contribution in [0.4, 0.5) is 5.82 Å². The third kappa shape index (κ3) is 3.74. The second-order valence-electron chi connectivity index (χ2n) is 5.82. The summed E-state index contributed by atoms with van der Waals surface area (Å²) in [6.45, 7) is 5.14. The van der Waals surface area contributed by atoms with Gasteiger partial charge in [0.05, 0.1) is 6.20 Å². The summed E-state index contributed by atoms with van der Waals surface area (Å²) in [6.07, 6.45) is 8.32. The first kappa shape index (κ1) is 15.2. The fourth-order valence-corrected chi connectivity index (χ4v) is 2.54. The van der Waals surface area contributed by atoms with Gasteiger partial charge in [0.15, 0.2) is 0 Å². The van der Waals surface area contributed by atoms with Crippen molar-refractivity contribution in [1.82, 2.24) is 20.2 Å². The van der Waals surface area contributed by atoms with Crippen LogP contribution in [-0.2, 0) is 6.42 Å². The fraction of sp³-hybridized carbons (Fsp3) is 0.278. The number of hydrogen-bond donors (Lipinski definition) is 2. The van der Waals surface area contributed by atoms with Crippen LogP contribution >= 0.6 is 0 Å². The molecule has 0 fully saturated rings. The highest BCUT2D eigenvalue weighted by Gasteiger charge is 2.11. The molecule has 3 aromatic rings. The maximum atomic E-state index is 4.40. The molecule has 0 aliphatic rings. The zero-order valence-electron chi connectivity index (χ0n) is 13.5. The first-order valence-corrected chi connectivity index (χ1v) is 7.86. The number of nitrogens with zero attached hydrogens (tertiary/aromatic N) is 3. The van der Waals surface area contributed by atoms with Crippen LogP contribution in [0.15, 0.2) is 49.1 Å². The van der Waals surface area contributed by atoms with Crippen molar-refractivity contribution in [2.24, 2.45) is 0 Å². The second-order valence-corrected chi connectivity index (χ2v) is 5.82. The van der Waals surface area contributed by atoms with Gasteiger partial charge in [-0.1, -0.05) is 19.9 Å². The van der Waals surface area contributed by atoms with Gasteiger partial charge in [0, 0.05) is 36.4 Å². The molecule has 0 aromatic carbocycles. The Labute approximate surface area is 136 Å². The Morgan fingerprint density at radius 1 is 1.17 bits per heavy atom. The summed E-state index contributed by atoms with van der Waals surface area (Å²) < 4.78 is 0. The third-order valence-electron chi connectivity index (χ3n) is 3.76. The van der Waals surface area contributed by atoms with Crippen LogP contribution in [0.5, 0.6) is 0 Å². The molecule has 0 saturated heterocycles. The Bertz CT molecular complexity index is 749. The summed E-state index contributed by atoms with van der Waals surface area (Å²) in [4.78, 5) is 8.53. The monoisotopic (exact) mass is 307 g/mol. The number of H-pyrrole nitrogens is 1. The highest BCUT2D eigenvalue weighted by molar-refractivity contribution is 5.68. The number of nitrogens with one attached hydrogen (secondary N) is 2. The molecule has 23 heavy (non-hydrogen) atoms. The van der Waals surface area contributed by atoms with Crippen LogP contribution in [-0.4, -0.2) is 26.7 Å². The summed E-state index contributed by atoms with van der Waals surface area (Å²) >= 11 is 0. The van der Waals surface area contributed by atoms with E-state index in [-0.39, 0.29) is 0 Å². The van der Waals surface area contributed by atoms with E-state index in [4.69, 9.17) is 0 Å². The predicted molar refractivity (Wildman–Crippen MR) is 92.3 cm³/mol. The van der Waals surface area contributed by atoms with Gasteiger partial charge in [0.1, 0.15) is 5.82 Å². The zero-order valence-corrected chi connectivity index (χ0v) is 13.5. The summed E-state index contributed by atoms with van der Waals surface area (Å²) in [5.41, 5.74) is 4.63. The number of pyridine rings is 2. The van der Waals surface area contributed by atoms with E-state index in [2.05, 4.69) is 51.5 Å². The topological polar surface area (TPSA) is 66.5 Å². The summed E-state index contributed by atoms with van der Waals surface area (Å²) in [6, 6.07) is 8.13. The number of hydrogen-bond acceptors (Lipinski definition) is 4. The van der Waals surface area contributed by atoms with E-state index in [1.54, 1.807) is 6.20 Å². The maximum absolute atomic E-state index is 4.40. The molecule has 5 heteroatoms. The van der Waals surface area contributed by atoms with Crippen LogP contribution < -0.4 is 5.32 Å². The lowest BCUT2D eigenvalue weighted by atomic mass is 10.0. The Morgan fingerprint density at radius 2 is 2.09 bits per heavy atom. The van der Waals surface area contributed by atoms with Crippen LogP contribution in [0.3, 0.4) is 0 Å². The normalized spacial score (nSPS) is 10.9. The molecule has 0 amide bonds. The van der Waals surface area contributed by atoms with Crippen molar-refractivity contribution in [1.29, 1.82) is 0 Å². The smallest absolute Gasteiger partial charge is 0.126 e. The van der Waals surface area contributed by atoms with Crippen LogP contribution in [0, 0.1) is 0 Å². The van der Waals surface area contributed by atoms with Crippen molar-refractivity contribution >= 4 is 5.82 Å². The van der Waals surface area contributed by atoms with Crippen molar-refractivity contribution in [3.8, 4) is 11.1 Å². The van der Waals surface area contributed by atoms with Gasteiger partial charge < -0.3 is 5.32 Å². The molecule has 0 spiro atoms. The predicted octanol–water partition coefficient (Wildman–Crippen LogP) is 3.64. The lowest BCUT2D eigenvalue weighted by Crippen LogP contribution is -2.06. The molecule has 3 heterocycles. The molecule has 2 N–H and O–H groups in total. The Kier molecular flexibility index (Phi) is 4.66. The molecule has 3 aromatic heterocycles. The molecule has 118 valence electrons. The van der Waals surface area contributed by atoms with Crippen molar-refractivity contribution in [2.75, 3.05) is 11.9 Å². The van der Waals surface area contributed by atoms with E-state index < -0.39 is 0 Å². The molecule has 5 nitrogen and oxygen atoms in total. The van der Waals surface area contributed by atoms with Gasteiger partial charge in [-0.05, 0) is 41.7 Å². The fourth-order valence-electron chi connectivity index (χ4n) is 2.54. The standard InChI is InChI=1S/C18H21N5/c1-13(2)18-16(12-22-23-18)15-6-9-21-17(10-15)20-8-5-14-4-3-7-19-11-14/h3-4,6-7,9-13H,5,8H2,1-2H3,(H,20,21)(H,22,23). The maximum Gasteiger partial charge on any atom is 0.126 e. The molecule has 0 aliphatic heterocycles. The number of aromatic amines is 1. The van der Waals surface area contributed by atoms with Gasteiger partial charge in [-0.3, -0.25) is 10.1 Å². The van der Waals surface area contributed by atoms with Gasteiger partial charge in [0.2, 0.25) is 0 Å². The van der Waals surface area contributed by atoms with Crippen molar-refractivity contribution in [3.05, 3.63) is 60.3 Å². The molecule has 0 bridgehead atoms. The molecule has 0 unspecified atom stereocenters. The van der Waals surface area contributed by atoms with Crippen molar-refractivity contribution < 1.29 is 0 Å². The summed E-state index contributed by atoms with van der Waals surface area (Å²) in [5, 5.41) is 10.6. The van der Waals surface area contributed by atoms with Crippen LogP contribution in [0.1, 0.15) is 31.0 Å². The number of anilines is 1. The Hall–Kier alpha value is -2.69. The lowest BCUT2D eigenvalue weighted by Gasteiger charge is -2.09. The zero-order chi connectivity index (χ0) is 16.1. The Morgan fingerprint density at radius 3 is 2.87 bits per heavy atom. The van der Waals surface area contributed by atoms with Gasteiger partial charge in [-0.2, -0.15) is 5.10 Å². The van der Waals surface area contributed by atoms with E-state index in [0.29, 0.717) is 5.92 Å². The number of aromatic nitrogens is 4. The molecule has 0 saturated carbocycles. The highest BCUT2D eigenvalue weighted by atomic mass is 15.1. The van der Waals surface area contributed by atoms with Gasteiger partial charge in [0.25, 0.3) is 0 Å². The molecular formula is C18H21N5. The SMILES string of the molecule is CC(C)c1[nH]ncc1-c1ccnc(NCCc2cccnc2)c1. The first-order valence-electron chi connectivity index (χ1n) is 7.86. The van der Waals surface area contributed by atoms with Crippen molar-refractivity contribution in [3.63, 3.8) is 0 Å². The average Bonchev–Trinajstić information content (AvgIpc) is 3.06. The molecular weight excluding hydrogens is 286 g/mol. The van der Waals surface area contributed by atoms with Gasteiger partial charge >= 0.3 is 0 Å². The minimum absolute atomic E-state index is 0.405. The van der Waals surface area contributed by atoms with Crippen molar-refractivity contribution in [2.45, 2.75) is 26.2 Å². The largest absolute Gasteiger partial charge is 0.370 e. The van der Waals surface area contributed by atoms with Crippen LogP contribution in [0.25, 0.3) is 11.1 Å². The molecule has 0 atom stereocenters. The highest BCUT2D eigenvalue weighted by Crippen LogP contribution is 2.28. The third-order valence-corrected chi connectivity index (χ3v) is 3.76. The molecule has 0 aliphatic carbocycles. The number of rotatable bonds is 6. The van der Waals surface area contributed by atoms with E-state index in [1.807, 2.05) is 30.7 Å². The molecule has 0 radical (unpaired) electrons. The summed E-state index contributed by atoms with van der Waals surface area (Å²) in [5.74, 6) is 1.28. The second kappa shape index (κ2) is 7.05. The van der Waals surface area contributed by atoms with E-state index >= 15 is 0 Å². The first-order chi connectivity index (χ1) is 11.2. The minimum Gasteiger partial charge on any atom is -0.370 e. The van der Waals surface area contributed by atoms with E-state index in [0.717, 1.165) is 35.6 Å². The van der Waals surface area contributed by atoms with Gasteiger partial charge in [-0.25, -0.2) is 4.98 Å². The minimum atomic E-state index is 0.405. The summed E-state index contributed by atoms with van der Waals surface area (Å²) in [7, 11) is 0. The van der Waals surface area contributed by atoms with Gasteiger partial charge in [-0.15, -0.1) is 0 Å².